The lowest BCUT2D eigenvalue weighted by atomic mass is 9.96. The topological polar surface area (TPSA) is 79.0 Å². The molecule has 178 valence electrons. The number of hydrogen-bond acceptors (Lipinski definition) is 5. The minimum Gasteiger partial charge on any atom is -0.379 e. The first kappa shape index (κ1) is 23.8. The van der Waals surface area contributed by atoms with Gasteiger partial charge < -0.3 is 10.1 Å². The Morgan fingerprint density at radius 1 is 1.00 bits per heavy atom. The zero-order valence-corrected chi connectivity index (χ0v) is 19.3. The summed E-state index contributed by atoms with van der Waals surface area (Å²) < 4.78 is 46.0. The van der Waals surface area contributed by atoms with E-state index in [1.165, 1.54) is 16.4 Å². The molecule has 0 spiro atoms. The fraction of sp³-hybridized carbons (Fsp3) is 0.458. The van der Waals surface area contributed by atoms with Crippen LogP contribution in [0.25, 0.3) is 0 Å². The summed E-state index contributed by atoms with van der Waals surface area (Å²) in [5.41, 5.74) is 0.947. The average molecular weight is 476 g/mol. The van der Waals surface area contributed by atoms with Gasteiger partial charge in [-0.25, -0.2) is 12.8 Å². The minimum absolute atomic E-state index is 0.0628. The van der Waals surface area contributed by atoms with Crippen molar-refractivity contribution in [1.82, 2.24) is 14.5 Å². The van der Waals surface area contributed by atoms with Crippen molar-refractivity contribution in [3.05, 3.63) is 66.0 Å². The highest BCUT2D eigenvalue weighted by Gasteiger charge is 2.32. The van der Waals surface area contributed by atoms with Gasteiger partial charge in [0.1, 0.15) is 5.82 Å². The van der Waals surface area contributed by atoms with Crippen molar-refractivity contribution in [2.24, 2.45) is 5.92 Å². The molecule has 1 atom stereocenters. The molecule has 1 N–H and O–H groups in total. The van der Waals surface area contributed by atoms with E-state index in [1.807, 2.05) is 0 Å². The maximum Gasteiger partial charge on any atom is 0.243 e. The molecule has 33 heavy (non-hydrogen) atoms. The number of amides is 1. The Morgan fingerprint density at radius 2 is 1.64 bits per heavy atom. The third kappa shape index (κ3) is 5.78. The van der Waals surface area contributed by atoms with E-state index in [-0.39, 0.29) is 28.6 Å². The molecule has 2 heterocycles. The number of carbonyl (C=O) groups excluding carboxylic acids is 1. The molecule has 2 aromatic rings. The molecular weight excluding hydrogens is 445 g/mol. The number of benzene rings is 2. The van der Waals surface area contributed by atoms with Crippen molar-refractivity contribution >= 4 is 15.9 Å². The van der Waals surface area contributed by atoms with Crippen LogP contribution < -0.4 is 5.32 Å². The number of halogens is 1. The summed E-state index contributed by atoms with van der Waals surface area (Å²) in [5.74, 6) is -0.585. The highest BCUT2D eigenvalue weighted by atomic mass is 32.2. The molecular formula is C24H30FN3O4S. The lowest BCUT2D eigenvalue weighted by molar-refractivity contribution is -0.126. The van der Waals surface area contributed by atoms with Gasteiger partial charge in [0.25, 0.3) is 0 Å². The third-order valence-electron chi connectivity index (χ3n) is 6.42. The van der Waals surface area contributed by atoms with E-state index in [0.717, 1.165) is 18.7 Å². The van der Waals surface area contributed by atoms with Crippen LogP contribution in [-0.4, -0.2) is 69.5 Å². The Labute approximate surface area is 194 Å². The van der Waals surface area contributed by atoms with Crippen LogP contribution in [0.4, 0.5) is 4.39 Å². The zero-order chi connectivity index (χ0) is 23.3. The SMILES string of the molecule is O=C(NC[C@H](c1ccc(F)cc1)N1CCOCC1)C1CCN(S(=O)(=O)c2ccccc2)CC1. The molecule has 0 radical (unpaired) electrons. The highest BCUT2D eigenvalue weighted by molar-refractivity contribution is 7.89. The molecule has 1 amide bonds. The van der Waals surface area contributed by atoms with Crippen molar-refractivity contribution in [2.45, 2.75) is 23.8 Å². The first-order valence-corrected chi connectivity index (χ1v) is 12.8. The van der Waals surface area contributed by atoms with Crippen LogP contribution in [0.1, 0.15) is 24.4 Å². The molecule has 0 unspecified atom stereocenters. The first-order chi connectivity index (χ1) is 15.9. The predicted molar refractivity (Wildman–Crippen MR) is 122 cm³/mol. The second-order valence-corrected chi connectivity index (χ2v) is 10.4. The van der Waals surface area contributed by atoms with Gasteiger partial charge in [-0.2, -0.15) is 4.31 Å². The second-order valence-electron chi connectivity index (χ2n) is 8.45. The largest absolute Gasteiger partial charge is 0.379 e. The summed E-state index contributed by atoms with van der Waals surface area (Å²) in [4.78, 5) is 15.4. The van der Waals surface area contributed by atoms with Gasteiger partial charge in [0, 0.05) is 38.6 Å². The second kappa shape index (κ2) is 10.7. The van der Waals surface area contributed by atoms with Crippen LogP contribution in [0, 0.1) is 11.7 Å². The third-order valence-corrected chi connectivity index (χ3v) is 8.33. The maximum atomic E-state index is 13.4. The molecule has 2 aliphatic rings. The van der Waals surface area contributed by atoms with Gasteiger partial charge in [0.15, 0.2) is 0 Å². The molecule has 2 aliphatic heterocycles. The normalized spacial score (nSPS) is 19.8. The number of rotatable bonds is 7. The molecule has 2 aromatic carbocycles. The smallest absolute Gasteiger partial charge is 0.243 e. The Balaban J connectivity index is 1.35. The fourth-order valence-electron chi connectivity index (χ4n) is 4.47. The van der Waals surface area contributed by atoms with E-state index < -0.39 is 10.0 Å². The van der Waals surface area contributed by atoms with E-state index >= 15 is 0 Å². The number of nitrogens with zero attached hydrogens (tertiary/aromatic N) is 2. The number of piperidine rings is 1. The van der Waals surface area contributed by atoms with Crippen LogP contribution in [0.15, 0.2) is 59.5 Å². The number of sulfonamides is 1. The van der Waals surface area contributed by atoms with Gasteiger partial charge in [-0.1, -0.05) is 30.3 Å². The first-order valence-electron chi connectivity index (χ1n) is 11.4. The van der Waals surface area contributed by atoms with Gasteiger partial charge in [-0.05, 0) is 42.7 Å². The molecule has 2 saturated heterocycles. The van der Waals surface area contributed by atoms with Gasteiger partial charge in [0.2, 0.25) is 15.9 Å². The molecule has 0 bridgehead atoms. The van der Waals surface area contributed by atoms with Crippen LogP contribution >= 0.6 is 0 Å². The minimum atomic E-state index is -3.54. The van der Waals surface area contributed by atoms with Crippen molar-refractivity contribution in [2.75, 3.05) is 45.9 Å². The number of hydrogen-bond donors (Lipinski definition) is 1. The predicted octanol–water partition coefficient (Wildman–Crippen LogP) is 2.42. The molecule has 0 aromatic heterocycles. The number of morpholine rings is 1. The summed E-state index contributed by atoms with van der Waals surface area (Å²) in [6.45, 7) is 3.79. The summed E-state index contributed by atoms with van der Waals surface area (Å²) in [6.07, 6.45) is 0.966. The van der Waals surface area contributed by atoms with Crippen molar-refractivity contribution in [1.29, 1.82) is 0 Å². The monoisotopic (exact) mass is 475 g/mol. The Hall–Kier alpha value is -2.33. The molecule has 9 heteroatoms. The van der Waals surface area contributed by atoms with E-state index in [9.17, 15) is 17.6 Å². The Bertz CT molecular complexity index is 1020. The van der Waals surface area contributed by atoms with Crippen molar-refractivity contribution in [3.63, 3.8) is 0 Å². The van der Waals surface area contributed by atoms with E-state index in [1.54, 1.807) is 42.5 Å². The summed E-state index contributed by atoms with van der Waals surface area (Å²) in [7, 11) is -3.54. The molecule has 0 aliphatic carbocycles. The molecule has 0 saturated carbocycles. The number of ether oxygens (including phenoxy) is 1. The van der Waals surface area contributed by atoms with Crippen molar-refractivity contribution < 1.29 is 22.3 Å². The van der Waals surface area contributed by atoms with Crippen LogP contribution in [0.5, 0.6) is 0 Å². The van der Waals surface area contributed by atoms with Crippen LogP contribution in [-0.2, 0) is 19.6 Å². The van der Waals surface area contributed by atoms with Gasteiger partial charge in [0.05, 0.1) is 24.2 Å². The van der Waals surface area contributed by atoms with E-state index in [4.69, 9.17) is 4.74 Å². The lowest BCUT2D eigenvalue weighted by Gasteiger charge is -2.35. The van der Waals surface area contributed by atoms with Gasteiger partial charge in [-0.15, -0.1) is 0 Å². The fourth-order valence-corrected chi connectivity index (χ4v) is 5.96. The van der Waals surface area contributed by atoms with E-state index in [2.05, 4.69) is 10.2 Å². The average Bonchev–Trinajstić information content (AvgIpc) is 2.86. The number of carbonyl (C=O) groups is 1. The molecule has 2 fully saturated rings. The van der Waals surface area contributed by atoms with Crippen LogP contribution in [0.2, 0.25) is 0 Å². The summed E-state index contributed by atoms with van der Waals surface area (Å²) >= 11 is 0. The molecule has 7 nitrogen and oxygen atoms in total. The lowest BCUT2D eigenvalue weighted by Crippen LogP contribution is -2.46. The standard InChI is InChI=1S/C24H30FN3O4S/c25-21-8-6-19(7-9-21)23(27-14-16-32-17-15-27)18-26-24(29)20-10-12-28(13-11-20)33(30,31)22-4-2-1-3-5-22/h1-9,20,23H,10-18H2,(H,26,29)/t23-/m1/s1. The Morgan fingerprint density at radius 3 is 2.27 bits per heavy atom. The Kier molecular flexibility index (Phi) is 7.75. The van der Waals surface area contributed by atoms with Gasteiger partial charge in [-0.3, -0.25) is 9.69 Å². The molecule has 4 rings (SSSR count). The van der Waals surface area contributed by atoms with Gasteiger partial charge >= 0.3 is 0 Å². The number of nitrogens with one attached hydrogen (secondary N) is 1. The zero-order valence-electron chi connectivity index (χ0n) is 18.5. The van der Waals surface area contributed by atoms with E-state index in [0.29, 0.717) is 45.7 Å². The maximum absolute atomic E-state index is 13.4. The quantitative estimate of drug-likeness (QED) is 0.666. The van der Waals surface area contributed by atoms with Crippen LogP contribution in [0.3, 0.4) is 0 Å². The summed E-state index contributed by atoms with van der Waals surface area (Å²) in [5, 5.41) is 3.06. The highest BCUT2D eigenvalue weighted by Crippen LogP contribution is 2.25. The van der Waals surface area contributed by atoms with Crippen molar-refractivity contribution in [3.8, 4) is 0 Å². The summed E-state index contributed by atoms with van der Waals surface area (Å²) in [6, 6.07) is 14.7.